The maximum atomic E-state index is 13.5. The quantitative estimate of drug-likeness (QED) is 0.859. The molecule has 1 aromatic rings. The molecule has 0 aliphatic heterocycles. The van der Waals surface area contributed by atoms with E-state index in [4.69, 9.17) is 4.74 Å². The Kier molecular flexibility index (Phi) is 5.10. The summed E-state index contributed by atoms with van der Waals surface area (Å²) in [6, 6.07) is 4.10. The van der Waals surface area contributed by atoms with Crippen LogP contribution in [-0.4, -0.2) is 31.6 Å². The van der Waals surface area contributed by atoms with Gasteiger partial charge in [0.25, 0.3) is 0 Å². The van der Waals surface area contributed by atoms with Gasteiger partial charge in [-0.2, -0.15) is 0 Å². The Balaban J connectivity index is 2.64. The molecule has 0 radical (unpaired) electrons. The molecule has 0 aromatic heterocycles. The van der Waals surface area contributed by atoms with Crippen molar-refractivity contribution in [1.82, 2.24) is 0 Å². The summed E-state index contributed by atoms with van der Waals surface area (Å²) in [4.78, 5) is 0. The monoisotopic (exact) mass is 276 g/mol. The lowest BCUT2D eigenvalue weighted by atomic mass is 10.1. The summed E-state index contributed by atoms with van der Waals surface area (Å²) in [6.45, 7) is 3.00. The lowest BCUT2D eigenvalue weighted by Crippen LogP contribution is -2.16. The minimum Gasteiger partial charge on any atom is -0.489 e. The average molecular weight is 276 g/mol. The highest BCUT2D eigenvalue weighted by molar-refractivity contribution is 7.91. The van der Waals surface area contributed by atoms with Crippen LogP contribution in [0.25, 0.3) is 0 Å². The molecular weight excluding hydrogens is 259 g/mol. The summed E-state index contributed by atoms with van der Waals surface area (Å²) in [6.07, 6.45) is -0.756. The van der Waals surface area contributed by atoms with Crippen LogP contribution in [0.3, 0.4) is 0 Å². The first-order valence-corrected chi connectivity index (χ1v) is 7.48. The number of halogens is 1. The first-order chi connectivity index (χ1) is 8.35. The summed E-state index contributed by atoms with van der Waals surface area (Å²) >= 11 is 0. The normalized spacial score (nSPS) is 13.3. The lowest BCUT2D eigenvalue weighted by Gasteiger charge is -2.10. The zero-order valence-electron chi connectivity index (χ0n) is 10.4. The lowest BCUT2D eigenvalue weighted by molar-refractivity contribution is 0.198. The Morgan fingerprint density at radius 2 is 2.11 bits per heavy atom. The number of aliphatic hydroxyl groups is 1. The fourth-order valence-electron chi connectivity index (χ4n) is 1.32. The number of sulfone groups is 1. The van der Waals surface area contributed by atoms with Gasteiger partial charge in [0.15, 0.2) is 21.4 Å². The van der Waals surface area contributed by atoms with Crippen molar-refractivity contribution in [3.05, 3.63) is 29.6 Å². The second-order valence-corrected chi connectivity index (χ2v) is 6.42. The van der Waals surface area contributed by atoms with E-state index in [1.165, 1.54) is 25.1 Å². The molecule has 6 heteroatoms. The van der Waals surface area contributed by atoms with Gasteiger partial charge >= 0.3 is 0 Å². The van der Waals surface area contributed by atoms with Crippen molar-refractivity contribution in [3.8, 4) is 5.75 Å². The highest BCUT2D eigenvalue weighted by Gasteiger charge is 2.10. The largest absolute Gasteiger partial charge is 0.489 e. The molecule has 0 saturated carbocycles. The molecule has 0 fully saturated rings. The van der Waals surface area contributed by atoms with Crippen LogP contribution >= 0.6 is 0 Å². The Morgan fingerprint density at radius 3 is 2.61 bits per heavy atom. The standard InChI is InChI=1S/C12H17FO4S/c1-3-18(15,16)7-6-17-12-5-4-10(9(2)14)8-11(12)13/h4-5,8-9,14H,3,6-7H2,1-2H3. The van der Waals surface area contributed by atoms with Crippen molar-refractivity contribution < 1.29 is 22.7 Å². The van der Waals surface area contributed by atoms with Crippen LogP contribution in [-0.2, 0) is 9.84 Å². The molecule has 0 aliphatic rings. The zero-order chi connectivity index (χ0) is 13.8. The molecule has 4 nitrogen and oxygen atoms in total. The second kappa shape index (κ2) is 6.15. The van der Waals surface area contributed by atoms with E-state index in [-0.39, 0.29) is 23.9 Å². The van der Waals surface area contributed by atoms with Crippen LogP contribution in [0.15, 0.2) is 18.2 Å². The Hall–Kier alpha value is -1.14. The number of benzene rings is 1. The molecule has 0 amide bonds. The Morgan fingerprint density at radius 1 is 1.44 bits per heavy atom. The van der Waals surface area contributed by atoms with Crippen molar-refractivity contribution in [1.29, 1.82) is 0 Å². The SMILES string of the molecule is CCS(=O)(=O)CCOc1ccc(C(C)O)cc1F. The summed E-state index contributed by atoms with van der Waals surface area (Å²) in [5.74, 6) is -0.714. The van der Waals surface area contributed by atoms with Gasteiger partial charge in [0.05, 0.1) is 11.9 Å². The zero-order valence-corrected chi connectivity index (χ0v) is 11.2. The highest BCUT2D eigenvalue weighted by atomic mass is 32.2. The van der Waals surface area contributed by atoms with Crippen molar-refractivity contribution >= 4 is 9.84 Å². The van der Waals surface area contributed by atoms with Gasteiger partial charge in [0, 0.05) is 5.75 Å². The summed E-state index contributed by atoms with van der Waals surface area (Å²) in [5.41, 5.74) is 0.445. The van der Waals surface area contributed by atoms with E-state index < -0.39 is 21.8 Å². The molecule has 1 aromatic carbocycles. The molecular formula is C12H17FO4S. The molecule has 18 heavy (non-hydrogen) atoms. The Labute approximate surface area is 106 Å². The van der Waals surface area contributed by atoms with E-state index in [9.17, 15) is 17.9 Å². The number of hydrogen-bond donors (Lipinski definition) is 1. The molecule has 0 heterocycles. The third-order valence-electron chi connectivity index (χ3n) is 2.53. The average Bonchev–Trinajstić information content (AvgIpc) is 2.31. The number of aliphatic hydroxyl groups excluding tert-OH is 1. The third-order valence-corrected chi connectivity index (χ3v) is 4.20. The van der Waals surface area contributed by atoms with Crippen LogP contribution < -0.4 is 4.74 Å². The van der Waals surface area contributed by atoms with Gasteiger partial charge in [-0.3, -0.25) is 0 Å². The maximum absolute atomic E-state index is 13.5. The van der Waals surface area contributed by atoms with Crippen LogP contribution in [0.5, 0.6) is 5.75 Å². The van der Waals surface area contributed by atoms with Crippen LogP contribution in [0.2, 0.25) is 0 Å². The summed E-state index contributed by atoms with van der Waals surface area (Å²) in [7, 11) is -3.11. The van der Waals surface area contributed by atoms with Crippen molar-refractivity contribution in [2.24, 2.45) is 0 Å². The molecule has 1 rings (SSSR count). The molecule has 0 aliphatic carbocycles. The summed E-state index contributed by atoms with van der Waals surface area (Å²) in [5, 5.41) is 9.27. The molecule has 1 atom stereocenters. The molecule has 1 N–H and O–H groups in total. The van der Waals surface area contributed by atoms with Gasteiger partial charge in [-0.1, -0.05) is 13.0 Å². The van der Waals surface area contributed by atoms with Gasteiger partial charge in [-0.05, 0) is 24.6 Å². The van der Waals surface area contributed by atoms with Crippen molar-refractivity contribution in [2.75, 3.05) is 18.1 Å². The minimum atomic E-state index is -3.11. The molecule has 0 bridgehead atoms. The van der Waals surface area contributed by atoms with Crippen molar-refractivity contribution in [3.63, 3.8) is 0 Å². The first kappa shape index (κ1) is 14.9. The smallest absolute Gasteiger partial charge is 0.165 e. The molecule has 0 spiro atoms. The fourth-order valence-corrected chi connectivity index (χ4v) is 1.94. The van der Waals surface area contributed by atoms with Gasteiger partial charge in [0.2, 0.25) is 0 Å². The van der Waals surface area contributed by atoms with Crippen LogP contribution in [0, 0.1) is 5.82 Å². The molecule has 102 valence electrons. The van der Waals surface area contributed by atoms with E-state index in [1.807, 2.05) is 0 Å². The van der Waals surface area contributed by atoms with E-state index in [1.54, 1.807) is 6.92 Å². The minimum absolute atomic E-state index is 0.00861. The fraction of sp³-hybridized carbons (Fsp3) is 0.500. The first-order valence-electron chi connectivity index (χ1n) is 5.66. The van der Waals surface area contributed by atoms with E-state index in [0.29, 0.717) is 5.56 Å². The maximum Gasteiger partial charge on any atom is 0.165 e. The highest BCUT2D eigenvalue weighted by Crippen LogP contribution is 2.21. The third kappa shape index (κ3) is 4.27. The van der Waals surface area contributed by atoms with Gasteiger partial charge < -0.3 is 9.84 Å². The van der Waals surface area contributed by atoms with Crippen LogP contribution in [0.4, 0.5) is 4.39 Å². The topological polar surface area (TPSA) is 63.6 Å². The van der Waals surface area contributed by atoms with Gasteiger partial charge in [-0.25, -0.2) is 12.8 Å². The molecule has 0 saturated heterocycles. The number of hydrogen-bond acceptors (Lipinski definition) is 4. The van der Waals surface area contributed by atoms with E-state index >= 15 is 0 Å². The predicted octanol–water partition coefficient (Wildman–Crippen LogP) is 1.69. The van der Waals surface area contributed by atoms with Gasteiger partial charge in [0.1, 0.15) is 6.61 Å². The Bertz CT molecular complexity index is 497. The summed E-state index contributed by atoms with van der Waals surface area (Å²) < 4.78 is 41.0. The second-order valence-electron chi connectivity index (χ2n) is 3.95. The molecule has 1 unspecified atom stereocenters. The van der Waals surface area contributed by atoms with Crippen LogP contribution in [0.1, 0.15) is 25.5 Å². The van der Waals surface area contributed by atoms with Crippen molar-refractivity contribution in [2.45, 2.75) is 20.0 Å². The number of rotatable bonds is 6. The number of ether oxygens (including phenoxy) is 1. The van der Waals surface area contributed by atoms with E-state index in [0.717, 1.165) is 0 Å². The van der Waals surface area contributed by atoms with Gasteiger partial charge in [-0.15, -0.1) is 0 Å². The predicted molar refractivity (Wildman–Crippen MR) is 66.9 cm³/mol. The van der Waals surface area contributed by atoms with E-state index in [2.05, 4.69) is 0 Å².